The van der Waals surface area contributed by atoms with Gasteiger partial charge in [-0.3, -0.25) is 4.99 Å². The molecule has 2 aromatic rings. The molecule has 3 N–H and O–H groups in total. The van der Waals surface area contributed by atoms with E-state index in [9.17, 15) is 18.3 Å². The highest BCUT2D eigenvalue weighted by atomic mass is 127. The Bertz CT molecular complexity index is 761. The molecule has 2 rings (SSSR count). The maximum absolute atomic E-state index is 13.6. The number of aliphatic hydroxyl groups is 1. The lowest BCUT2D eigenvalue weighted by atomic mass is 10.1. The third-order valence-corrected chi connectivity index (χ3v) is 3.90. The average molecular weight is 523 g/mol. The van der Waals surface area contributed by atoms with E-state index < -0.39 is 12.7 Å². The third kappa shape index (κ3) is 8.90. The summed E-state index contributed by atoms with van der Waals surface area (Å²) in [4.78, 5) is 4.31. The number of hydrogen-bond donors (Lipinski definition) is 3. The standard InChI is InChI=1S/C20H24F3N3O2.HI/c1-2-24-20(25-12-11-14-5-3-4-6-17(14)21)26-13-18(27)15-7-9-16(10-8-15)28-19(22)23;/h3-10,18-19,27H,2,11-13H2,1H3,(H2,24,25,26);1H. The molecule has 0 radical (unpaired) electrons. The van der Waals surface area contributed by atoms with Crippen LogP contribution in [0.25, 0.3) is 0 Å². The molecule has 29 heavy (non-hydrogen) atoms. The van der Waals surface area contributed by atoms with Crippen molar-refractivity contribution in [2.45, 2.75) is 26.1 Å². The van der Waals surface area contributed by atoms with E-state index in [1.807, 2.05) is 6.92 Å². The van der Waals surface area contributed by atoms with Gasteiger partial charge in [0.25, 0.3) is 0 Å². The van der Waals surface area contributed by atoms with Crippen LogP contribution in [0.3, 0.4) is 0 Å². The van der Waals surface area contributed by atoms with Crippen LogP contribution in [-0.4, -0.2) is 37.3 Å². The zero-order chi connectivity index (χ0) is 20.4. The summed E-state index contributed by atoms with van der Waals surface area (Å²) in [5, 5.41) is 16.4. The fourth-order valence-electron chi connectivity index (χ4n) is 2.51. The minimum atomic E-state index is -2.89. The van der Waals surface area contributed by atoms with Crippen LogP contribution in [0.2, 0.25) is 0 Å². The molecule has 1 atom stereocenters. The Morgan fingerprint density at radius 3 is 2.41 bits per heavy atom. The minimum Gasteiger partial charge on any atom is -0.435 e. The highest BCUT2D eigenvalue weighted by Crippen LogP contribution is 2.19. The molecular weight excluding hydrogens is 498 g/mol. The Hall–Kier alpha value is -2.01. The second kappa shape index (κ2) is 13.3. The normalized spacial score (nSPS) is 12.3. The maximum Gasteiger partial charge on any atom is 0.387 e. The smallest absolute Gasteiger partial charge is 0.387 e. The molecule has 0 aromatic heterocycles. The first-order valence-electron chi connectivity index (χ1n) is 8.98. The van der Waals surface area contributed by atoms with Gasteiger partial charge in [0, 0.05) is 13.1 Å². The van der Waals surface area contributed by atoms with Gasteiger partial charge in [-0.25, -0.2) is 4.39 Å². The molecule has 5 nitrogen and oxygen atoms in total. The molecule has 0 spiro atoms. The van der Waals surface area contributed by atoms with E-state index in [2.05, 4.69) is 20.4 Å². The monoisotopic (exact) mass is 523 g/mol. The lowest BCUT2D eigenvalue weighted by molar-refractivity contribution is -0.0498. The van der Waals surface area contributed by atoms with Crippen molar-refractivity contribution < 1.29 is 23.0 Å². The van der Waals surface area contributed by atoms with Crippen molar-refractivity contribution in [1.29, 1.82) is 0 Å². The van der Waals surface area contributed by atoms with Gasteiger partial charge in [-0.15, -0.1) is 24.0 Å². The minimum absolute atomic E-state index is 0. The summed E-state index contributed by atoms with van der Waals surface area (Å²) in [5.74, 6) is 0.272. The van der Waals surface area contributed by atoms with Gasteiger partial charge in [-0.2, -0.15) is 8.78 Å². The van der Waals surface area contributed by atoms with Gasteiger partial charge in [0.05, 0.1) is 12.6 Å². The number of nitrogens with zero attached hydrogens (tertiary/aromatic N) is 1. The number of aliphatic imine (C=N–C) groups is 1. The summed E-state index contributed by atoms with van der Waals surface area (Å²) in [6.45, 7) is 0.193. The Labute approximate surface area is 185 Å². The molecule has 0 saturated carbocycles. The molecule has 0 amide bonds. The highest BCUT2D eigenvalue weighted by Gasteiger charge is 2.10. The first-order valence-corrected chi connectivity index (χ1v) is 8.98. The largest absolute Gasteiger partial charge is 0.435 e. The molecule has 9 heteroatoms. The summed E-state index contributed by atoms with van der Waals surface area (Å²) in [5.41, 5.74) is 1.14. The van der Waals surface area contributed by atoms with Crippen LogP contribution < -0.4 is 15.4 Å². The topological polar surface area (TPSA) is 65.9 Å². The van der Waals surface area contributed by atoms with Crippen molar-refractivity contribution in [2.24, 2.45) is 4.99 Å². The molecule has 1 unspecified atom stereocenters. The van der Waals surface area contributed by atoms with Gasteiger partial charge >= 0.3 is 6.61 Å². The van der Waals surface area contributed by atoms with Gasteiger partial charge in [0.1, 0.15) is 11.6 Å². The lowest BCUT2D eigenvalue weighted by Crippen LogP contribution is -2.38. The number of halogens is 4. The number of guanidine groups is 1. The Morgan fingerprint density at radius 1 is 1.10 bits per heavy atom. The first-order chi connectivity index (χ1) is 13.5. The van der Waals surface area contributed by atoms with Gasteiger partial charge in [0.2, 0.25) is 0 Å². The Kier molecular flexibility index (Phi) is 11.4. The van der Waals surface area contributed by atoms with E-state index in [0.717, 1.165) is 0 Å². The number of ether oxygens (including phenoxy) is 1. The summed E-state index contributed by atoms with van der Waals surface area (Å²) in [6.07, 6.45) is -0.409. The van der Waals surface area contributed by atoms with Crippen LogP contribution in [-0.2, 0) is 6.42 Å². The van der Waals surface area contributed by atoms with Gasteiger partial charge < -0.3 is 20.5 Å². The number of benzene rings is 2. The molecule has 0 aliphatic rings. The molecule has 0 fully saturated rings. The Morgan fingerprint density at radius 2 is 1.79 bits per heavy atom. The highest BCUT2D eigenvalue weighted by molar-refractivity contribution is 14.0. The third-order valence-electron chi connectivity index (χ3n) is 3.90. The lowest BCUT2D eigenvalue weighted by Gasteiger charge is -2.14. The van der Waals surface area contributed by atoms with Gasteiger partial charge in [-0.1, -0.05) is 30.3 Å². The van der Waals surface area contributed by atoms with Crippen LogP contribution >= 0.6 is 24.0 Å². The summed E-state index contributed by atoms with van der Waals surface area (Å²) < 4.78 is 42.3. The first kappa shape index (κ1) is 25.0. The molecule has 0 aliphatic heterocycles. The SMILES string of the molecule is CCNC(=NCC(O)c1ccc(OC(F)F)cc1)NCCc1ccccc1F.I. The second-order valence-corrected chi connectivity index (χ2v) is 5.95. The zero-order valence-electron chi connectivity index (χ0n) is 15.9. The maximum atomic E-state index is 13.6. The van der Waals surface area contributed by atoms with Crippen molar-refractivity contribution in [3.63, 3.8) is 0 Å². The number of alkyl halides is 2. The van der Waals surface area contributed by atoms with Crippen molar-refractivity contribution in [3.8, 4) is 5.75 Å². The van der Waals surface area contributed by atoms with E-state index in [0.29, 0.717) is 36.6 Å². The molecule has 0 bridgehead atoms. The zero-order valence-corrected chi connectivity index (χ0v) is 18.3. The van der Waals surface area contributed by atoms with Gasteiger partial charge in [0.15, 0.2) is 5.96 Å². The van der Waals surface area contributed by atoms with Crippen LogP contribution in [0.15, 0.2) is 53.5 Å². The molecule has 160 valence electrons. The number of hydrogen-bond acceptors (Lipinski definition) is 3. The quantitative estimate of drug-likeness (QED) is 0.265. The van der Waals surface area contributed by atoms with E-state index in [4.69, 9.17) is 0 Å². The second-order valence-electron chi connectivity index (χ2n) is 5.95. The van der Waals surface area contributed by atoms with E-state index in [-0.39, 0.29) is 42.1 Å². The van der Waals surface area contributed by atoms with Crippen molar-refractivity contribution in [3.05, 3.63) is 65.5 Å². The van der Waals surface area contributed by atoms with Crippen LogP contribution in [0.4, 0.5) is 13.2 Å². The number of nitrogens with one attached hydrogen (secondary N) is 2. The van der Waals surface area contributed by atoms with Crippen LogP contribution in [0, 0.1) is 5.82 Å². The predicted molar refractivity (Wildman–Crippen MR) is 118 cm³/mol. The fourth-order valence-corrected chi connectivity index (χ4v) is 2.51. The molecular formula is C20H25F3IN3O2. The van der Waals surface area contributed by atoms with Gasteiger partial charge in [-0.05, 0) is 42.7 Å². The predicted octanol–water partition coefficient (Wildman–Crippen LogP) is 3.88. The summed E-state index contributed by atoms with van der Waals surface area (Å²) in [7, 11) is 0. The van der Waals surface area contributed by atoms with E-state index >= 15 is 0 Å². The van der Waals surface area contributed by atoms with E-state index in [1.165, 1.54) is 30.3 Å². The summed E-state index contributed by atoms with van der Waals surface area (Å²) >= 11 is 0. The average Bonchev–Trinajstić information content (AvgIpc) is 2.67. The van der Waals surface area contributed by atoms with E-state index in [1.54, 1.807) is 18.2 Å². The van der Waals surface area contributed by atoms with Crippen LogP contribution in [0.5, 0.6) is 5.75 Å². The molecule has 0 heterocycles. The number of rotatable bonds is 9. The fraction of sp³-hybridized carbons (Fsp3) is 0.350. The molecule has 2 aromatic carbocycles. The summed E-state index contributed by atoms with van der Waals surface area (Å²) in [6, 6.07) is 12.3. The molecule has 0 aliphatic carbocycles. The molecule has 0 saturated heterocycles. The van der Waals surface area contributed by atoms with Crippen molar-refractivity contribution in [2.75, 3.05) is 19.6 Å². The Balaban J connectivity index is 0.00000420. The number of aliphatic hydroxyl groups excluding tert-OH is 1. The van der Waals surface area contributed by atoms with Crippen molar-refractivity contribution >= 4 is 29.9 Å². The van der Waals surface area contributed by atoms with Crippen molar-refractivity contribution in [1.82, 2.24) is 10.6 Å². The van der Waals surface area contributed by atoms with Crippen LogP contribution in [0.1, 0.15) is 24.2 Å².